The molecule has 0 saturated heterocycles. The van der Waals surface area contributed by atoms with Crippen LogP contribution >= 0.6 is 0 Å². The van der Waals surface area contributed by atoms with Crippen LogP contribution in [0.5, 0.6) is 5.75 Å². The summed E-state index contributed by atoms with van der Waals surface area (Å²) in [4.78, 5) is 181. The van der Waals surface area contributed by atoms with Gasteiger partial charge in [-0.2, -0.15) is 0 Å². The van der Waals surface area contributed by atoms with Crippen LogP contribution in [0.25, 0.3) is 22.4 Å². The second-order valence-electron chi connectivity index (χ2n) is 17.7. The number of aliphatic hydroxyl groups is 5. The summed E-state index contributed by atoms with van der Waals surface area (Å²) < 4.78 is 2.58. The maximum Gasteiger partial charge on any atom is 0.335 e. The highest BCUT2D eigenvalue weighted by molar-refractivity contribution is 5.99. The van der Waals surface area contributed by atoms with Crippen LogP contribution in [0.3, 0.4) is 0 Å². The van der Waals surface area contributed by atoms with Crippen LogP contribution in [-0.4, -0.2) is 219 Å². The molecule has 21 N–H and O–H groups in total. The van der Waals surface area contributed by atoms with E-state index in [0.29, 0.717) is 0 Å². The average Bonchev–Trinajstić information content (AvgIpc) is 3.82. The standard InChI is InChI=1S/C44H59N13O23/c45-43(79)46-6-1-2-18(34(69)52-23(15-60)33(68)47-14-29(64)55-31(41(75)76)32(67)42(77)78)48-35(70)19(4-8-58)50-38(73)24(16-61)53-36(71)20(5-9-59)49-37(72)21(12-30(65)66)51-39(74)25-3-7-56-40-22(54-44(56)80)10-17-11-27(62)28(63)13-26(17)57(25)40/h10-11,13,18-21,23-25,31-32,58-62,67H,1-9,12,14-16H2,(H,47,68)(H,48,70)(H,49,72)(H,50,73)(H,51,74)(H,52,69)(H,53,71)(H,54,80)(H,55,64)(H,65,66)(H,75,76)(H,77,78)(H3,45,46,79). The number of benzene rings is 1. The zero-order valence-corrected chi connectivity index (χ0v) is 41.8. The third-order valence-corrected chi connectivity index (χ3v) is 12.0. The summed E-state index contributed by atoms with van der Waals surface area (Å²) in [6, 6.07) is -12.3. The van der Waals surface area contributed by atoms with E-state index in [1.807, 2.05) is 5.32 Å². The number of phenols is 1. The third-order valence-electron chi connectivity index (χ3n) is 12.0. The molecule has 80 heavy (non-hydrogen) atoms. The third kappa shape index (κ3) is 16.6. The number of aromatic amines is 1. The summed E-state index contributed by atoms with van der Waals surface area (Å²) >= 11 is 0. The fraction of sp³-hybridized carbons (Fsp3) is 0.500. The summed E-state index contributed by atoms with van der Waals surface area (Å²) in [6.45, 7) is -5.40. The molecule has 36 nitrogen and oxygen atoms in total. The molecule has 0 saturated carbocycles. The fourth-order valence-electron chi connectivity index (χ4n) is 8.08. The number of fused-ring (bicyclic) bond motifs is 2. The second kappa shape index (κ2) is 28.9. The van der Waals surface area contributed by atoms with E-state index in [4.69, 9.17) is 15.9 Å². The normalized spacial score (nSPS) is 15.7. The fourth-order valence-corrected chi connectivity index (χ4v) is 8.08. The minimum Gasteiger partial charge on any atom is -0.504 e. The minimum absolute atomic E-state index is 0.0594. The summed E-state index contributed by atoms with van der Waals surface area (Å²) in [7, 11) is 0. The zero-order chi connectivity index (χ0) is 59.7. The number of carboxylic acids is 3. The largest absolute Gasteiger partial charge is 0.504 e. The van der Waals surface area contributed by atoms with Gasteiger partial charge in [-0.15, -0.1) is 0 Å². The molecule has 4 rings (SSSR count). The van der Waals surface area contributed by atoms with Crippen LogP contribution in [-0.2, 0) is 59.3 Å². The number of urea groups is 1. The highest BCUT2D eigenvalue weighted by Gasteiger charge is 2.38. The molecule has 0 fully saturated rings. The van der Waals surface area contributed by atoms with Gasteiger partial charge in [0.1, 0.15) is 47.9 Å². The molecule has 0 aromatic carbocycles. The molecule has 3 aliphatic rings. The first-order chi connectivity index (χ1) is 37.8. The molecular formula is C44H59N13O23. The number of aromatic hydroxyl groups is 1. The molecule has 9 atom stereocenters. The lowest BCUT2D eigenvalue weighted by atomic mass is 10.0. The number of aliphatic hydroxyl groups excluding tert-OH is 5. The number of H-pyrrole nitrogens is 1. The van der Waals surface area contributed by atoms with Crippen molar-refractivity contribution in [2.24, 2.45) is 5.73 Å². The Morgan fingerprint density at radius 1 is 0.650 bits per heavy atom. The number of pyridine rings is 1. The molecule has 2 aliphatic heterocycles. The van der Waals surface area contributed by atoms with Crippen molar-refractivity contribution in [3.63, 3.8) is 0 Å². The van der Waals surface area contributed by atoms with Crippen LogP contribution in [0.1, 0.15) is 44.6 Å². The summed E-state index contributed by atoms with van der Waals surface area (Å²) in [5.41, 5.74) is 4.30. The van der Waals surface area contributed by atoms with Crippen molar-refractivity contribution < 1.29 is 103 Å². The number of hydrogen-bond donors (Lipinski definition) is 20. The average molecular weight is 1140 g/mol. The number of nitrogens with zero attached hydrogens (tertiary/aromatic N) is 2. The van der Waals surface area contributed by atoms with Crippen molar-refractivity contribution >= 4 is 82.4 Å². The number of aliphatic carboxylic acids is 3. The zero-order valence-electron chi connectivity index (χ0n) is 41.8. The van der Waals surface area contributed by atoms with Crippen LogP contribution in [0.4, 0.5) is 4.79 Å². The van der Waals surface area contributed by atoms with E-state index in [-0.39, 0.29) is 54.8 Å². The van der Waals surface area contributed by atoms with Gasteiger partial charge in [0.05, 0.1) is 37.4 Å². The van der Waals surface area contributed by atoms with Gasteiger partial charge in [0.15, 0.2) is 17.9 Å². The molecule has 9 unspecified atom stereocenters. The number of carbonyl (C=O) groups excluding carboxylic acids is 9. The Morgan fingerprint density at radius 2 is 1.18 bits per heavy atom. The highest BCUT2D eigenvalue weighted by Crippen LogP contribution is 2.35. The molecule has 36 heteroatoms. The van der Waals surface area contributed by atoms with Gasteiger partial charge >= 0.3 is 29.6 Å². The number of nitrogens with two attached hydrogens (primary N) is 1. The van der Waals surface area contributed by atoms with E-state index < -0.39 is 195 Å². The summed E-state index contributed by atoms with van der Waals surface area (Å²) in [5.74, 6) is -16.2. The van der Waals surface area contributed by atoms with Gasteiger partial charge in [0.2, 0.25) is 52.7 Å². The van der Waals surface area contributed by atoms with E-state index in [2.05, 4.69) is 42.2 Å². The Hall–Kier alpha value is -9.26. The van der Waals surface area contributed by atoms with Gasteiger partial charge in [-0.1, -0.05) is 0 Å². The first-order valence-corrected chi connectivity index (χ1v) is 24.0. The SMILES string of the molecule is NC(=O)NCCCC(NC(=O)C(CCO)NC(=O)C(CO)NC(=O)C(CCO)NC(=O)C(CC(=O)O)NC(=O)C1CCn2c(=O)[nH]c3cc4cc(O)c(=O)cc-4n1c32)C(=O)NC(CO)C(=O)NCC(=O)NC(C(=O)O)C(O)C(=O)O. The number of imidazole rings is 1. The molecule has 0 radical (unpaired) electrons. The maximum atomic E-state index is 14.0. The van der Waals surface area contributed by atoms with Gasteiger partial charge in [0, 0.05) is 37.9 Å². The molecule has 1 aromatic rings. The van der Waals surface area contributed by atoms with Gasteiger partial charge < -0.3 is 109 Å². The van der Waals surface area contributed by atoms with E-state index >= 15 is 0 Å². The van der Waals surface area contributed by atoms with Crippen LogP contribution < -0.4 is 64.7 Å². The number of primary amides is 1. The Morgan fingerprint density at radius 3 is 1.69 bits per heavy atom. The van der Waals surface area contributed by atoms with Crippen molar-refractivity contribution in [2.45, 2.75) is 99.5 Å². The Balaban J connectivity index is 1.46. The number of carboxylic acid groups (broad SMARTS) is 3. The van der Waals surface area contributed by atoms with Crippen molar-refractivity contribution in [2.75, 3.05) is 39.5 Å². The van der Waals surface area contributed by atoms with Crippen molar-refractivity contribution in [1.82, 2.24) is 62.0 Å². The predicted molar refractivity (Wildman–Crippen MR) is 263 cm³/mol. The van der Waals surface area contributed by atoms with Crippen molar-refractivity contribution in [3.8, 4) is 17.0 Å². The molecule has 1 aliphatic carbocycles. The van der Waals surface area contributed by atoms with E-state index in [0.717, 1.165) is 12.1 Å². The number of rotatable bonds is 31. The topological polar surface area (TPSA) is 581 Å². The van der Waals surface area contributed by atoms with Gasteiger partial charge in [0.25, 0.3) is 0 Å². The number of phenolic OH excluding ortho intramolecular Hbond substituents is 1. The van der Waals surface area contributed by atoms with Gasteiger partial charge in [-0.25, -0.2) is 19.2 Å². The van der Waals surface area contributed by atoms with Gasteiger partial charge in [-0.05, 0) is 44.2 Å². The van der Waals surface area contributed by atoms with Crippen LogP contribution in [0.2, 0.25) is 0 Å². The lowest BCUT2D eigenvalue weighted by Crippen LogP contribution is -2.61. The monoisotopic (exact) mass is 1140 g/mol. The number of carbonyl (C=O) groups is 12. The lowest BCUT2D eigenvalue weighted by molar-refractivity contribution is -0.157. The Kier molecular flexibility index (Phi) is 22.9. The van der Waals surface area contributed by atoms with Crippen molar-refractivity contribution in [3.05, 3.63) is 38.9 Å². The summed E-state index contributed by atoms with van der Waals surface area (Å²) in [6.07, 6.45) is -5.58. The maximum absolute atomic E-state index is 14.0. The minimum atomic E-state index is -2.60. The Bertz CT molecular complexity index is 2940. The van der Waals surface area contributed by atoms with E-state index in [9.17, 15) is 103 Å². The number of nitrogens with one attached hydrogen (secondary N) is 10. The Labute approximate surface area is 447 Å². The number of aromatic nitrogens is 3. The van der Waals surface area contributed by atoms with Crippen LogP contribution in [0, 0.1) is 0 Å². The highest BCUT2D eigenvalue weighted by atomic mass is 16.4. The molecule has 1 aromatic heterocycles. The molecule has 3 heterocycles. The smallest absolute Gasteiger partial charge is 0.335 e. The predicted octanol–water partition coefficient (Wildman–Crippen LogP) is -10.0. The van der Waals surface area contributed by atoms with Crippen LogP contribution in [0.15, 0.2) is 27.8 Å². The van der Waals surface area contributed by atoms with Gasteiger partial charge in [-0.3, -0.25) is 52.5 Å². The molecule has 0 bridgehead atoms. The quantitative estimate of drug-likeness (QED) is 0.0266. The molecular weight excluding hydrogens is 1080 g/mol. The number of amides is 10. The summed E-state index contributed by atoms with van der Waals surface area (Å²) in [5, 5.41) is 106. The molecule has 438 valence electrons. The lowest BCUT2D eigenvalue weighted by Gasteiger charge is -2.31. The number of hydrogen-bond acceptors (Lipinski definition) is 20. The second-order valence-corrected chi connectivity index (χ2v) is 17.7. The first-order valence-electron chi connectivity index (χ1n) is 24.0. The number of aryl methyl sites for hydroxylation is 1. The van der Waals surface area contributed by atoms with E-state index in [1.54, 1.807) is 5.32 Å². The van der Waals surface area contributed by atoms with E-state index in [1.165, 1.54) is 15.2 Å². The first kappa shape index (κ1) is 63.3. The molecule has 10 amide bonds. The molecule has 0 spiro atoms. The van der Waals surface area contributed by atoms with Crippen molar-refractivity contribution in [1.29, 1.82) is 0 Å².